The van der Waals surface area contributed by atoms with Crippen molar-refractivity contribution in [2.75, 3.05) is 0 Å². The second-order valence-corrected chi connectivity index (χ2v) is 3.39. The number of thiocarbonyl (C=S) groups is 1. The number of rotatable bonds is 3. The summed E-state index contributed by atoms with van der Waals surface area (Å²) in [6.45, 7) is 2.06. The van der Waals surface area contributed by atoms with Crippen LogP contribution in [0.3, 0.4) is 0 Å². The van der Waals surface area contributed by atoms with Crippen LogP contribution in [-0.4, -0.2) is 11.3 Å². The van der Waals surface area contributed by atoms with Crippen LogP contribution in [0.25, 0.3) is 0 Å². The summed E-state index contributed by atoms with van der Waals surface area (Å²) < 4.78 is 0. The van der Waals surface area contributed by atoms with E-state index in [0.29, 0.717) is 0 Å². The first-order valence-electron chi connectivity index (χ1n) is 4.33. The molecule has 0 saturated heterocycles. The van der Waals surface area contributed by atoms with Crippen LogP contribution in [0.1, 0.15) is 18.4 Å². The van der Waals surface area contributed by atoms with E-state index in [9.17, 15) is 0 Å². The highest BCUT2D eigenvalue weighted by Crippen LogP contribution is 2.11. The van der Waals surface area contributed by atoms with Gasteiger partial charge in [0.05, 0.1) is 0 Å². The Kier molecular flexibility index (Phi) is 4.07. The van der Waals surface area contributed by atoms with Crippen molar-refractivity contribution in [3.8, 4) is 0 Å². The average Bonchev–Trinajstić information content (AvgIpc) is 2.18. The van der Waals surface area contributed by atoms with Gasteiger partial charge in [-0.1, -0.05) is 37.3 Å². The first-order chi connectivity index (χ1) is 6.70. The lowest BCUT2D eigenvalue weighted by molar-refractivity contribution is 0.979. The highest BCUT2D eigenvalue weighted by atomic mass is 32.1. The SMILES string of the molecule is CC(/C=N\NC(N)=S)c1ccccc1. The van der Waals surface area contributed by atoms with Crippen molar-refractivity contribution < 1.29 is 0 Å². The Morgan fingerprint density at radius 2 is 2.14 bits per heavy atom. The molecule has 74 valence electrons. The van der Waals surface area contributed by atoms with E-state index in [4.69, 9.17) is 5.73 Å². The minimum absolute atomic E-state index is 0.182. The molecule has 1 atom stereocenters. The number of nitrogens with two attached hydrogens (primary N) is 1. The molecule has 0 radical (unpaired) electrons. The second-order valence-electron chi connectivity index (χ2n) is 2.95. The second kappa shape index (κ2) is 5.34. The lowest BCUT2D eigenvalue weighted by atomic mass is 10.0. The summed E-state index contributed by atoms with van der Waals surface area (Å²) in [4.78, 5) is 0. The van der Waals surface area contributed by atoms with Gasteiger partial charge in [0, 0.05) is 12.1 Å². The van der Waals surface area contributed by atoms with Gasteiger partial charge in [-0.15, -0.1) is 0 Å². The Hall–Kier alpha value is -1.42. The quantitative estimate of drug-likeness (QED) is 0.450. The van der Waals surface area contributed by atoms with Crippen molar-refractivity contribution in [2.24, 2.45) is 10.8 Å². The molecule has 0 amide bonds. The van der Waals surface area contributed by atoms with Gasteiger partial charge in [0.2, 0.25) is 0 Å². The zero-order valence-corrected chi connectivity index (χ0v) is 8.79. The monoisotopic (exact) mass is 207 g/mol. The summed E-state index contributed by atoms with van der Waals surface area (Å²) >= 11 is 4.62. The van der Waals surface area contributed by atoms with Gasteiger partial charge in [-0.3, -0.25) is 5.43 Å². The molecule has 0 aliphatic carbocycles. The average molecular weight is 207 g/mol. The number of benzene rings is 1. The molecule has 0 bridgehead atoms. The third kappa shape index (κ3) is 3.53. The van der Waals surface area contributed by atoms with Crippen molar-refractivity contribution in [1.82, 2.24) is 5.43 Å². The molecule has 0 spiro atoms. The highest BCUT2D eigenvalue weighted by molar-refractivity contribution is 7.80. The van der Waals surface area contributed by atoms with E-state index < -0.39 is 0 Å². The maximum absolute atomic E-state index is 5.22. The molecule has 3 N–H and O–H groups in total. The molecule has 0 heterocycles. The number of hydrogen-bond acceptors (Lipinski definition) is 2. The summed E-state index contributed by atoms with van der Waals surface area (Å²) in [5, 5.41) is 4.09. The highest BCUT2D eigenvalue weighted by Gasteiger charge is 1.99. The first-order valence-corrected chi connectivity index (χ1v) is 4.74. The number of hydrazone groups is 1. The molecule has 1 aromatic carbocycles. The van der Waals surface area contributed by atoms with E-state index in [-0.39, 0.29) is 11.0 Å². The van der Waals surface area contributed by atoms with E-state index in [1.165, 1.54) is 5.56 Å². The van der Waals surface area contributed by atoms with Crippen LogP contribution in [0.2, 0.25) is 0 Å². The van der Waals surface area contributed by atoms with Gasteiger partial charge in [-0.25, -0.2) is 0 Å². The van der Waals surface area contributed by atoms with Crippen LogP contribution in [0.15, 0.2) is 35.4 Å². The molecule has 0 aromatic heterocycles. The largest absolute Gasteiger partial charge is 0.375 e. The molecule has 1 aromatic rings. The lowest BCUT2D eigenvalue weighted by Crippen LogP contribution is -2.24. The fourth-order valence-corrected chi connectivity index (χ4v) is 1.11. The predicted octanol–water partition coefficient (Wildman–Crippen LogP) is 1.61. The van der Waals surface area contributed by atoms with E-state index in [2.05, 4.69) is 41.8 Å². The zero-order chi connectivity index (χ0) is 10.4. The van der Waals surface area contributed by atoms with Gasteiger partial charge in [0.1, 0.15) is 0 Å². The third-order valence-corrected chi connectivity index (χ3v) is 1.89. The Balaban J connectivity index is 2.54. The molecule has 0 aliphatic rings. The molecule has 0 aliphatic heterocycles. The number of nitrogens with zero attached hydrogens (tertiary/aromatic N) is 1. The van der Waals surface area contributed by atoms with Crippen LogP contribution in [0.5, 0.6) is 0 Å². The van der Waals surface area contributed by atoms with Crippen LogP contribution >= 0.6 is 12.2 Å². The topological polar surface area (TPSA) is 50.4 Å². The molecular formula is C10H13N3S. The molecule has 1 rings (SSSR count). The van der Waals surface area contributed by atoms with E-state index in [0.717, 1.165) is 0 Å². The van der Waals surface area contributed by atoms with Gasteiger partial charge in [0.25, 0.3) is 0 Å². The summed E-state index contributed by atoms with van der Waals surface area (Å²) in [6, 6.07) is 10.1. The Morgan fingerprint density at radius 1 is 1.50 bits per heavy atom. The van der Waals surface area contributed by atoms with Crippen molar-refractivity contribution in [2.45, 2.75) is 12.8 Å². The van der Waals surface area contributed by atoms with Crippen LogP contribution < -0.4 is 11.2 Å². The van der Waals surface area contributed by atoms with Gasteiger partial charge in [-0.2, -0.15) is 5.10 Å². The van der Waals surface area contributed by atoms with Crippen molar-refractivity contribution >= 4 is 23.5 Å². The smallest absolute Gasteiger partial charge is 0.184 e. The molecule has 0 fully saturated rings. The maximum atomic E-state index is 5.22. The Labute approximate surface area is 89.0 Å². The molecule has 14 heavy (non-hydrogen) atoms. The van der Waals surface area contributed by atoms with E-state index in [1.807, 2.05) is 18.2 Å². The van der Waals surface area contributed by atoms with Crippen LogP contribution in [0, 0.1) is 0 Å². The first kappa shape index (κ1) is 10.7. The standard InChI is InChI=1S/C10H13N3S/c1-8(7-12-13-10(11)14)9-5-3-2-4-6-9/h2-8H,1H3,(H3,11,13,14)/b12-7-. The normalized spacial score (nSPS) is 12.6. The van der Waals surface area contributed by atoms with Gasteiger partial charge >= 0.3 is 0 Å². The number of nitrogens with one attached hydrogen (secondary N) is 1. The van der Waals surface area contributed by atoms with Crippen LogP contribution in [-0.2, 0) is 0 Å². The zero-order valence-electron chi connectivity index (χ0n) is 7.97. The molecule has 3 nitrogen and oxygen atoms in total. The predicted molar refractivity (Wildman–Crippen MR) is 63.3 cm³/mol. The summed E-state index contributed by atoms with van der Waals surface area (Å²) in [7, 11) is 0. The molecule has 4 heteroatoms. The van der Waals surface area contributed by atoms with Crippen molar-refractivity contribution in [3.05, 3.63) is 35.9 Å². The molecule has 0 saturated carbocycles. The van der Waals surface area contributed by atoms with E-state index in [1.54, 1.807) is 6.21 Å². The third-order valence-electron chi connectivity index (χ3n) is 1.80. The maximum Gasteiger partial charge on any atom is 0.184 e. The number of hydrogen-bond donors (Lipinski definition) is 2. The van der Waals surface area contributed by atoms with Crippen LogP contribution in [0.4, 0.5) is 0 Å². The fraction of sp³-hybridized carbons (Fsp3) is 0.200. The Morgan fingerprint density at radius 3 is 2.71 bits per heavy atom. The van der Waals surface area contributed by atoms with Crippen molar-refractivity contribution in [1.29, 1.82) is 0 Å². The van der Waals surface area contributed by atoms with Gasteiger partial charge in [0.15, 0.2) is 5.11 Å². The van der Waals surface area contributed by atoms with Gasteiger partial charge < -0.3 is 5.73 Å². The minimum Gasteiger partial charge on any atom is -0.375 e. The Bertz CT molecular complexity index is 321. The van der Waals surface area contributed by atoms with E-state index >= 15 is 0 Å². The molecule has 1 unspecified atom stereocenters. The summed E-state index contributed by atoms with van der Waals surface area (Å²) in [6.07, 6.45) is 1.77. The summed E-state index contributed by atoms with van der Waals surface area (Å²) in [5.41, 5.74) is 8.96. The lowest BCUT2D eigenvalue weighted by Gasteiger charge is -2.04. The summed E-state index contributed by atoms with van der Waals surface area (Å²) in [5.74, 6) is 0.248. The minimum atomic E-state index is 0.182. The fourth-order valence-electron chi connectivity index (χ4n) is 1.06. The molecular weight excluding hydrogens is 194 g/mol. The van der Waals surface area contributed by atoms with Gasteiger partial charge in [-0.05, 0) is 17.8 Å². The van der Waals surface area contributed by atoms with Crippen molar-refractivity contribution in [3.63, 3.8) is 0 Å².